The molecule has 0 spiro atoms. The maximum Gasteiger partial charge on any atom is 0.0724 e. The minimum absolute atomic E-state index is 1.16. The maximum atomic E-state index is 4.30. The Bertz CT molecular complexity index is 905. The molecular weight excluding hydrogens is 244 g/mol. The summed E-state index contributed by atoms with van der Waals surface area (Å²) in [5, 5.41) is 2.54. The summed E-state index contributed by atoms with van der Waals surface area (Å²) in [6, 6.07) is 19.0. The average Bonchev–Trinajstić information content (AvgIpc) is 2.84. The fourth-order valence-electron chi connectivity index (χ4n) is 2.93. The minimum Gasteiger partial charge on any atom is -0.307 e. The van der Waals surface area contributed by atoms with E-state index in [-0.39, 0.29) is 0 Å². The molecule has 0 fully saturated rings. The van der Waals surface area contributed by atoms with E-state index in [2.05, 4.69) is 65.0 Å². The smallest absolute Gasteiger partial charge is 0.0724 e. The zero-order valence-corrected chi connectivity index (χ0v) is 11.2. The van der Waals surface area contributed by atoms with Crippen molar-refractivity contribution in [2.45, 2.75) is 6.92 Å². The van der Waals surface area contributed by atoms with Crippen molar-refractivity contribution in [2.75, 3.05) is 0 Å². The van der Waals surface area contributed by atoms with Crippen LogP contribution in [0.5, 0.6) is 0 Å². The summed E-state index contributed by atoms with van der Waals surface area (Å²) in [6.07, 6.45) is 3.81. The van der Waals surface area contributed by atoms with Crippen LogP contribution in [0.3, 0.4) is 0 Å². The molecular formula is C18H14N2. The number of pyridine rings is 1. The lowest BCUT2D eigenvalue weighted by atomic mass is 10.1. The van der Waals surface area contributed by atoms with Crippen LogP contribution in [0.25, 0.3) is 27.5 Å². The molecule has 96 valence electrons. The summed E-state index contributed by atoms with van der Waals surface area (Å²) in [5.41, 5.74) is 4.88. The highest BCUT2D eigenvalue weighted by molar-refractivity contribution is 6.09. The highest BCUT2D eigenvalue weighted by atomic mass is 15.0. The molecule has 0 atom stereocenters. The quantitative estimate of drug-likeness (QED) is 0.492. The van der Waals surface area contributed by atoms with E-state index in [1.54, 1.807) is 0 Å². The maximum absolute atomic E-state index is 4.30. The Kier molecular flexibility index (Phi) is 2.36. The van der Waals surface area contributed by atoms with Gasteiger partial charge in [-0.05, 0) is 30.7 Å². The molecule has 0 aliphatic rings. The summed E-state index contributed by atoms with van der Waals surface area (Å²) < 4.78 is 2.30. The second-order valence-electron chi connectivity index (χ2n) is 5.03. The lowest BCUT2D eigenvalue weighted by molar-refractivity contribution is 1.16. The zero-order chi connectivity index (χ0) is 13.5. The van der Waals surface area contributed by atoms with Crippen LogP contribution in [0.2, 0.25) is 0 Å². The monoisotopic (exact) mass is 258 g/mol. The molecule has 4 rings (SSSR count). The van der Waals surface area contributed by atoms with E-state index in [9.17, 15) is 0 Å². The molecule has 0 amide bonds. The molecule has 0 radical (unpaired) electrons. The third-order valence-electron chi connectivity index (χ3n) is 3.81. The number of aryl methyl sites for hydroxylation is 1. The van der Waals surface area contributed by atoms with Gasteiger partial charge in [-0.1, -0.05) is 36.4 Å². The van der Waals surface area contributed by atoms with Crippen molar-refractivity contribution in [3.8, 4) is 5.69 Å². The predicted molar refractivity (Wildman–Crippen MR) is 83.3 cm³/mol. The molecule has 2 nitrogen and oxygen atoms in total. The van der Waals surface area contributed by atoms with Crippen molar-refractivity contribution in [1.29, 1.82) is 0 Å². The van der Waals surface area contributed by atoms with E-state index >= 15 is 0 Å². The Morgan fingerprint density at radius 2 is 1.70 bits per heavy atom. The van der Waals surface area contributed by atoms with Crippen LogP contribution in [0.1, 0.15) is 5.56 Å². The molecule has 0 N–H and O–H groups in total. The molecule has 0 bridgehead atoms. The van der Waals surface area contributed by atoms with E-state index in [1.165, 1.54) is 27.5 Å². The molecule has 0 saturated heterocycles. The first-order valence-electron chi connectivity index (χ1n) is 6.75. The molecule has 4 aromatic rings. The average molecular weight is 258 g/mol. The topological polar surface area (TPSA) is 17.8 Å². The summed E-state index contributed by atoms with van der Waals surface area (Å²) >= 11 is 0. The van der Waals surface area contributed by atoms with E-state index in [0.29, 0.717) is 0 Å². The van der Waals surface area contributed by atoms with Crippen LogP contribution < -0.4 is 0 Å². The van der Waals surface area contributed by atoms with Crippen LogP contribution in [0.15, 0.2) is 67.0 Å². The van der Waals surface area contributed by atoms with E-state index < -0.39 is 0 Å². The molecule has 0 saturated carbocycles. The fourth-order valence-corrected chi connectivity index (χ4v) is 2.93. The number of aromatic nitrogens is 2. The Hall–Kier alpha value is -2.61. The first-order valence-corrected chi connectivity index (χ1v) is 6.75. The first kappa shape index (κ1) is 11.2. The van der Waals surface area contributed by atoms with Crippen molar-refractivity contribution in [3.05, 3.63) is 72.6 Å². The summed E-state index contributed by atoms with van der Waals surface area (Å²) in [4.78, 5) is 4.30. The Balaban J connectivity index is 2.27. The predicted octanol–water partition coefficient (Wildman–Crippen LogP) is 4.49. The van der Waals surface area contributed by atoms with E-state index in [0.717, 1.165) is 5.52 Å². The summed E-state index contributed by atoms with van der Waals surface area (Å²) in [5.74, 6) is 0. The largest absolute Gasteiger partial charge is 0.307 e. The first-order chi connectivity index (χ1) is 9.86. The third-order valence-corrected chi connectivity index (χ3v) is 3.81. The Morgan fingerprint density at radius 1 is 0.850 bits per heavy atom. The van der Waals surface area contributed by atoms with Gasteiger partial charge in [-0.15, -0.1) is 0 Å². The van der Waals surface area contributed by atoms with Gasteiger partial charge in [-0.25, -0.2) is 0 Å². The van der Waals surface area contributed by atoms with E-state index in [1.807, 2.05) is 18.5 Å². The van der Waals surface area contributed by atoms with Gasteiger partial charge in [0.1, 0.15) is 0 Å². The van der Waals surface area contributed by atoms with Crippen molar-refractivity contribution in [3.63, 3.8) is 0 Å². The molecule has 0 aliphatic carbocycles. The van der Waals surface area contributed by atoms with Crippen molar-refractivity contribution >= 4 is 21.8 Å². The molecule has 20 heavy (non-hydrogen) atoms. The number of fused-ring (bicyclic) bond motifs is 3. The number of hydrogen-bond acceptors (Lipinski definition) is 1. The van der Waals surface area contributed by atoms with Gasteiger partial charge < -0.3 is 4.57 Å². The van der Waals surface area contributed by atoms with E-state index in [4.69, 9.17) is 0 Å². The number of nitrogens with zero attached hydrogens (tertiary/aromatic N) is 2. The lowest BCUT2D eigenvalue weighted by Crippen LogP contribution is -1.94. The standard InChI is InChI=1S/C18H14N2/c1-13-6-5-9-16-15-10-11-19-12-17(15)20(18(13)16)14-7-3-2-4-8-14/h2-12H,1H3. The van der Waals surface area contributed by atoms with Gasteiger partial charge in [0.25, 0.3) is 0 Å². The van der Waals surface area contributed by atoms with Gasteiger partial charge in [0.15, 0.2) is 0 Å². The minimum atomic E-state index is 1.16. The van der Waals surface area contributed by atoms with Crippen LogP contribution in [0, 0.1) is 6.92 Å². The molecule has 2 heteroatoms. The van der Waals surface area contributed by atoms with Crippen LogP contribution in [-0.2, 0) is 0 Å². The number of hydrogen-bond donors (Lipinski definition) is 0. The van der Waals surface area contributed by atoms with Crippen molar-refractivity contribution in [2.24, 2.45) is 0 Å². The summed E-state index contributed by atoms with van der Waals surface area (Å²) in [6.45, 7) is 2.16. The van der Waals surface area contributed by atoms with Gasteiger partial charge in [0, 0.05) is 22.7 Å². The molecule has 2 aromatic heterocycles. The second kappa shape index (κ2) is 4.20. The van der Waals surface area contributed by atoms with Gasteiger partial charge >= 0.3 is 0 Å². The van der Waals surface area contributed by atoms with Crippen LogP contribution in [0.4, 0.5) is 0 Å². The van der Waals surface area contributed by atoms with Crippen molar-refractivity contribution in [1.82, 2.24) is 9.55 Å². The molecule has 0 unspecified atom stereocenters. The van der Waals surface area contributed by atoms with Crippen LogP contribution >= 0.6 is 0 Å². The normalized spacial score (nSPS) is 11.2. The third kappa shape index (κ3) is 1.48. The molecule has 2 aromatic carbocycles. The van der Waals surface area contributed by atoms with Gasteiger partial charge in [0.05, 0.1) is 17.2 Å². The molecule has 2 heterocycles. The molecule has 0 aliphatic heterocycles. The number of benzene rings is 2. The highest BCUT2D eigenvalue weighted by Crippen LogP contribution is 2.32. The van der Waals surface area contributed by atoms with Crippen molar-refractivity contribution < 1.29 is 0 Å². The fraction of sp³-hybridized carbons (Fsp3) is 0.0556. The van der Waals surface area contributed by atoms with Crippen LogP contribution in [-0.4, -0.2) is 9.55 Å². The van der Waals surface area contributed by atoms with Gasteiger partial charge in [-0.2, -0.15) is 0 Å². The SMILES string of the molecule is Cc1cccc2c3ccncc3n(-c3ccccc3)c12. The number of rotatable bonds is 1. The van der Waals surface area contributed by atoms with Gasteiger partial charge in [-0.3, -0.25) is 4.98 Å². The summed E-state index contributed by atoms with van der Waals surface area (Å²) in [7, 11) is 0. The lowest BCUT2D eigenvalue weighted by Gasteiger charge is -2.08. The Labute approximate surface area is 117 Å². The Morgan fingerprint density at radius 3 is 2.55 bits per heavy atom. The second-order valence-corrected chi connectivity index (χ2v) is 5.03. The zero-order valence-electron chi connectivity index (χ0n) is 11.2. The number of para-hydroxylation sites is 2. The van der Waals surface area contributed by atoms with Gasteiger partial charge in [0.2, 0.25) is 0 Å². The highest BCUT2D eigenvalue weighted by Gasteiger charge is 2.13.